The summed E-state index contributed by atoms with van der Waals surface area (Å²) in [6, 6.07) is 3.42. The Hall–Kier alpha value is -1.56. The number of aromatic amines is 1. The number of carbonyl (C=O) groups is 1. The molecule has 6 heteroatoms. The number of hydrogen-bond acceptors (Lipinski definition) is 3. The average molecular weight is 214 g/mol. The number of hydrogen-bond donors (Lipinski definition) is 2. The highest BCUT2D eigenvalue weighted by atomic mass is 32.1. The van der Waals surface area contributed by atoms with Crippen LogP contribution >= 0.6 is 0 Å². The van der Waals surface area contributed by atoms with Crippen LogP contribution in [-0.2, 0) is 16.0 Å². The highest BCUT2D eigenvalue weighted by Crippen LogP contribution is 1.93. The van der Waals surface area contributed by atoms with Gasteiger partial charge in [0.05, 0.1) is 12.3 Å². The lowest BCUT2D eigenvalue weighted by Crippen LogP contribution is -2.31. The minimum absolute atomic E-state index is 0.202. The minimum Gasteiger partial charge on any atom is -0.450 e. The fourth-order valence-electron chi connectivity index (χ4n) is 0.865. The van der Waals surface area contributed by atoms with Gasteiger partial charge in [0.25, 0.3) is 0 Å². The molecule has 0 saturated carbocycles. The first-order valence-corrected chi connectivity index (χ1v) is 4.76. The quantitative estimate of drug-likeness (QED) is 0.702. The number of H-pyrrole nitrogens is 1. The van der Waals surface area contributed by atoms with Crippen molar-refractivity contribution in [1.29, 1.82) is 0 Å². The molecule has 1 aromatic heterocycles. The van der Waals surface area contributed by atoms with Gasteiger partial charge in [-0.1, -0.05) is 0 Å². The van der Waals surface area contributed by atoms with Crippen molar-refractivity contribution in [2.45, 2.75) is 6.92 Å². The van der Waals surface area contributed by atoms with Gasteiger partial charge >= 0.3 is 6.09 Å². The van der Waals surface area contributed by atoms with Crippen LogP contribution in [-0.4, -0.2) is 26.9 Å². The topological polar surface area (TPSA) is 71.2 Å². The number of aromatic nitrogens is 1. The third kappa shape index (κ3) is 2.74. The molecular weight excluding hydrogens is 204 g/mol. The molecule has 5 nitrogen and oxygen atoms in total. The molecule has 0 unspecified atom stereocenters. The van der Waals surface area contributed by atoms with Gasteiger partial charge in [0.2, 0.25) is 0 Å². The average Bonchev–Trinajstić information content (AvgIpc) is 2.67. The lowest BCUT2D eigenvalue weighted by Gasteiger charge is -2.03. The van der Waals surface area contributed by atoms with E-state index in [0.29, 0.717) is 5.69 Å². The van der Waals surface area contributed by atoms with E-state index >= 15 is 0 Å². The lowest BCUT2D eigenvalue weighted by atomic mass is 10.4. The molecule has 1 rings (SSSR count). The van der Waals surface area contributed by atoms with E-state index in [1.54, 1.807) is 25.3 Å². The summed E-state index contributed by atoms with van der Waals surface area (Å²) in [5.41, 5.74) is 0.568. The van der Waals surface area contributed by atoms with E-state index < -0.39 is 6.09 Å². The summed E-state index contributed by atoms with van der Waals surface area (Å²) in [5, 5.41) is 2.34. The van der Waals surface area contributed by atoms with E-state index in [0.717, 1.165) is 0 Å². The summed E-state index contributed by atoms with van der Waals surface area (Å²) in [7, 11) is 0. The number of rotatable bonds is 2. The van der Waals surface area contributed by atoms with E-state index in [1.807, 2.05) is 0 Å². The van der Waals surface area contributed by atoms with Gasteiger partial charge in [0, 0.05) is 6.20 Å². The van der Waals surface area contributed by atoms with Crippen molar-refractivity contribution in [2.75, 3.05) is 6.61 Å². The predicted octanol–water partition coefficient (Wildman–Crippen LogP) is 0.452. The van der Waals surface area contributed by atoms with Gasteiger partial charge in [-0.05, 0) is 19.1 Å². The molecule has 2 N–H and O–H groups in total. The van der Waals surface area contributed by atoms with Crippen LogP contribution in [0.3, 0.4) is 0 Å². The van der Waals surface area contributed by atoms with Crippen LogP contribution < -0.4 is 5.32 Å². The molecule has 1 heterocycles. The molecule has 0 atom stereocenters. The van der Waals surface area contributed by atoms with Crippen molar-refractivity contribution < 1.29 is 13.7 Å². The standard InChI is InChI=1S/C8H10N2O3S/c1-2-13-8(11)10-7(14-12)6-4-3-5-9-6/h3-5,9H,2H2,1H3,(H,10,11). The van der Waals surface area contributed by atoms with Crippen molar-refractivity contribution in [1.82, 2.24) is 10.3 Å². The van der Waals surface area contributed by atoms with Gasteiger partial charge in [0.1, 0.15) is 11.3 Å². The van der Waals surface area contributed by atoms with Crippen LogP contribution in [0.4, 0.5) is 4.79 Å². The molecular formula is C8H10N2O3S. The number of amides is 1. The predicted molar refractivity (Wildman–Crippen MR) is 53.2 cm³/mol. The van der Waals surface area contributed by atoms with Crippen molar-refractivity contribution in [3.63, 3.8) is 0 Å². The number of nitrogens with one attached hydrogen (secondary N) is 2. The maximum atomic E-state index is 11.0. The van der Waals surface area contributed by atoms with Gasteiger partial charge in [0.15, 0.2) is 4.99 Å². The minimum atomic E-state index is -0.625. The smallest absolute Gasteiger partial charge is 0.412 e. The highest BCUT2D eigenvalue weighted by molar-refractivity contribution is 7.67. The molecule has 0 aliphatic carbocycles. The van der Waals surface area contributed by atoms with Crippen molar-refractivity contribution in [3.8, 4) is 0 Å². The zero-order valence-electron chi connectivity index (χ0n) is 7.57. The lowest BCUT2D eigenvalue weighted by molar-refractivity contribution is 0.158. The molecule has 1 aromatic rings. The first kappa shape index (κ1) is 10.5. The molecule has 0 fully saturated rings. The fraction of sp³-hybridized carbons (Fsp3) is 0.250. The normalized spacial score (nSPS) is 9.21. The molecule has 0 radical (unpaired) electrons. The number of carbonyl (C=O) groups excluding carboxylic acids is 1. The van der Waals surface area contributed by atoms with Gasteiger partial charge in [-0.2, -0.15) is 0 Å². The van der Waals surface area contributed by atoms with Crippen LogP contribution in [0.25, 0.3) is 0 Å². The Bertz CT molecular complexity index is 355. The van der Waals surface area contributed by atoms with E-state index in [9.17, 15) is 9.00 Å². The van der Waals surface area contributed by atoms with Gasteiger partial charge in [-0.25, -0.2) is 9.00 Å². The molecule has 0 aliphatic rings. The first-order chi connectivity index (χ1) is 6.77. The summed E-state index contributed by atoms with van der Waals surface area (Å²) in [6.07, 6.45) is 1.04. The molecule has 0 aromatic carbocycles. The summed E-state index contributed by atoms with van der Waals surface area (Å²) in [5.74, 6) is 0. The zero-order valence-corrected chi connectivity index (χ0v) is 8.39. The largest absolute Gasteiger partial charge is 0.450 e. The fourth-order valence-corrected chi connectivity index (χ4v) is 1.21. The van der Waals surface area contributed by atoms with Gasteiger partial charge < -0.3 is 9.72 Å². The SMILES string of the molecule is CCOC(=O)NC(=S=O)c1ccc[nH]1. The first-order valence-electron chi connectivity index (χ1n) is 4.02. The Morgan fingerprint density at radius 2 is 2.50 bits per heavy atom. The van der Waals surface area contributed by atoms with Crippen molar-refractivity contribution in [3.05, 3.63) is 24.0 Å². The Balaban J connectivity index is 2.67. The van der Waals surface area contributed by atoms with E-state index in [2.05, 4.69) is 15.0 Å². The Morgan fingerprint density at radius 3 is 3.00 bits per heavy atom. The van der Waals surface area contributed by atoms with Gasteiger partial charge in [-0.3, -0.25) is 5.32 Å². The van der Waals surface area contributed by atoms with Crippen molar-refractivity contribution in [2.24, 2.45) is 0 Å². The molecule has 0 saturated heterocycles. The molecule has 1 amide bonds. The maximum Gasteiger partial charge on any atom is 0.412 e. The van der Waals surface area contributed by atoms with Crippen molar-refractivity contribution >= 4 is 22.3 Å². The third-order valence-corrected chi connectivity index (χ3v) is 1.91. The maximum absolute atomic E-state index is 11.0. The van der Waals surface area contributed by atoms with Crippen LogP contribution in [0, 0.1) is 0 Å². The second kappa shape index (κ2) is 5.23. The van der Waals surface area contributed by atoms with E-state index in [-0.39, 0.29) is 22.9 Å². The van der Waals surface area contributed by atoms with E-state index in [4.69, 9.17) is 0 Å². The van der Waals surface area contributed by atoms with Crippen LogP contribution in [0.5, 0.6) is 0 Å². The summed E-state index contributed by atoms with van der Waals surface area (Å²) in [6.45, 7) is 1.96. The van der Waals surface area contributed by atoms with Crippen LogP contribution in [0.1, 0.15) is 12.6 Å². The van der Waals surface area contributed by atoms with Gasteiger partial charge in [-0.15, -0.1) is 0 Å². The van der Waals surface area contributed by atoms with Crippen LogP contribution in [0.15, 0.2) is 18.3 Å². The number of alkyl carbamates (subject to hydrolysis) is 1. The van der Waals surface area contributed by atoms with E-state index in [1.165, 1.54) is 0 Å². The second-order valence-corrected chi connectivity index (χ2v) is 2.92. The second-order valence-electron chi connectivity index (χ2n) is 2.34. The zero-order chi connectivity index (χ0) is 10.4. The summed E-state index contributed by atoms with van der Waals surface area (Å²) >= 11 is 0.205. The molecule has 0 bridgehead atoms. The summed E-state index contributed by atoms with van der Waals surface area (Å²) < 4.78 is 15.3. The molecule has 76 valence electrons. The monoisotopic (exact) mass is 214 g/mol. The molecule has 0 aliphatic heterocycles. The Kier molecular flexibility index (Phi) is 3.93. The highest BCUT2D eigenvalue weighted by Gasteiger charge is 2.08. The summed E-state index contributed by atoms with van der Waals surface area (Å²) in [4.78, 5) is 14.0. The van der Waals surface area contributed by atoms with Crippen LogP contribution in [0.2, 0.25) is 0 Å². The molecule has 0 spiro atoms. The third-order valence-electron chi connectivity index (χ3n) is 1.42. The molecule has 14 heavy (non-hydrogen) atoms. The Labute approximate surface area is 84.5 Å². The Morgan fingerprint density at radius 1 is 1.71 bits per heavy atom. The number of ether oxygens (including phenoxy) is 1.